The molecule has 3 heterocycles. The maximum atomic E-state index is 12.5. The number of amides is 1. The first-order valence-electron chi connectivity index (χ1n) is 8.36. The third-order valence-corrected chi connectivity index (χ3v) is 4.73. The van der Waals surface area contributed by atoms with Crippen molar-refractivity contribution < 1.29 is 19.1 Å². The van der Waals surface area contributed by atoms with Crippen molar-refractivity contribution in [3.05, 3.63) is 17.8 Å². The van der Waals surface area contributed by atoms with Crippen LogP contribution in [-0.4, -0.2) is 45.6 Å². The van der Waals surface area contributed by atoms with Crippen LogP contribution in [0.25, 0.3) is 0 Å². The monoisotopic (exact) mass is 344 g/mol. The molecule has 1 amide bonds. The second-order valence-electron chi connectivity index (χ2n) is 6.44. The number of piperidine rings is 1. The molecule has 0 spiro atoms. The van der Waals surface area contributed by atoms with E-state index in [9.17, 15) is 14.7 Å². The van der Waals surface area contributed by atoms with E-state index in [1.807, 2.05) is 0 Å². The van der Waals surface area contributed by atoms with Gasteiger partial charge in [-0.2, -0.15) is 10.2 Å². The molecule has 1 aromatic rings. The van der Waals surface area contributed by atoms with Gasteiger partial charge in [0.1, 0.15) is 5.76 Å². The van der Waals surface area contributed by atoms with Gasteiger partial charge >= 0.3 is 5.97 Å². The van der Waals surface area contributed by atoms with Crippen LogP contribution >= 0.6 is 0 Å². The average molecular weight is 344 g/mol. The quantitative estimate of drug-likeness (QED) is 0.764. The lowest BCUT2D eigenvalue weighted by molar-refractivity contribution is -0.132. The van der Waals surface area contributed by atoms with Crippen LogP contribution < -0.4 is 0 Å². The highest BCUT2D eigenvalue weighted by Gasteiger charge is 2.40. The lowest BCUT2D eigenvalue weighted by Gasteiger charge is -2.32. The van der Waals surface area contributed by atoms with Gasteiger partial charge in [-0.05, 0) is 12.8 Å². The Morgan fingerprint density at radius 3 is 2.92 bits per heavy atom. The summed E-state index contributed by atoms with van der Waals surface area (Å²) in [5.41, 5.74) is -0.526. The van der Waals surface area contributed by atoms with E-state index in [0.29, 0.717) is 44.5 Å². The Morgan fingerprint density at radius 1 is 1.44 bits per heavy atom. The molecule has 2 aliphatic heterocycles. The van der Waals surface area contributed by atoms with Gasteiger partial charge in [0, 0.05) is 44.7 Å². The number of rotatable bonds is 7. The summed E-state index contributed by atoms with van der Waals surface area (Å²) in [6.45, 7) is 1.11. The number of carbonyl (C=O) groups is 2. The third kappa shape index (κ3) is 3.87. The number of oxazole rings is 1. The minimum absolute atomic E-state index is 0.0264. The van der Waals surface area contributed by atoms with E-state index >= 15 is 0 Å². The summed E-state index contributed by atoms with van der Waals surface area (Å²) in [6.07, 6.45) is 10.2. The zero-order chi connectivity index (χ0) is 17.9. The Bertz CT molecular complexity index is 727. The van der Waals surface area contributed by atoms with Gasteiger partial charge in [-0.3, -0.25) is 4.79 Å². The minimum atomic E-state index is -1.11. The number of carboxylic acid groups (broad SMARTS) is 1. The molecule has 132 valence electrons. The molecular weight excluding hydrogens is 324 g/mol. The largest absolute Gasteiger partial charge is 0.476 e. The van der Waals surface area contributed by atoms with Gasteiger partial charge < -0.3 is 14.4 Å². The number of carboxylic acids is 1. The van der Waals surface area contributed by atoms with Crippen LogP contribution in [0.3, 0.4) is 0 Å². The van der Waals surface area contributed by atoms with E-state index in [0.717, 1.165) is 19.2 Å². The Hall–Kier alpha value is -2.69. The average Bonchev–Trinajstić information content (AvgIpc) is 3.21. The summed E-state index contributed by atoms with van der Waals surface area (Å²) in [5.74, 6) is 1.69. The van der Waals surface area contributed by atoms with Crippen molar-refractivity contribution in [3.63, 3.8) is 0 Å². The van der Waals surface area contributed by atoms with Crippen molar-refractivity contribution in [1.29, 1.82) is 0 Å². The van der Waals surface area contributed by atoms with Crippen molar-refractivity contribution in [3.8, 4) is 12.3 Å². The van der Waals surface area contributed by atoms with Crippen LogP contribution in [0.1, 0.15) is 60.7 Å². The van der Waals surface area contributed by atoms with Crippen molar-refractivity contribution in [1.82, 2.24) is 9.88 Å². The molecule has 1 saturated heterocycles. The lowest BCUT2D eigenvalue weighted by atomic mass is 9.93. The molecule has 1 N–H and O–H groups in total. The van der Waals surface area contributed by atoms with E-state index in [1.165, 1.54) is 0 Å². The molecule has 8 heteroatoms. The molecule has 3 rings (SSSR count). The smallest absolute Gasteiger partial charge is 0.358 e. The van der Waals surface area contributed by atoms with E-state index in [2.05, 4.69) is 21.1 Å². The predicted octanol–water partition coefficient (Wildman–Crippen LogP) is 2.43. The zero-order valence-corrected chi connectivity index (χ0v) is 13.8. The summed E-state index contributed by atoms with van der Waals surface area (Å²) in [7, 11) is 0. The molecule has 1 fully saturated rings. The van der Waals surface area contributed by atoms with Crippen LogP contribution in [0.2, 0.25) is 0 Å². The molecule has 0 aliphatic carbocycles. The number of hydrogen-bond acceptors (Lipinski definition) is 6. The summed E-state index contributed by atoms with van der Waals surface area (Å²) >= 11 is 0. The summed E-state index contributed by atoms with van der Waals surface area (Å²) in [6, 6.07) is 0. The van der Waals surface area contributed by atoms with E-state index in [-0.39, 0.29) is 17.5 Å². The first-order valence-corrected chi connectivity index (χ1v) is 8.36. The van der Waals surface area contributed by atoms with Gasteiger partial charge in [-0.15, -0.1) is 12.3 Å². The normalized spacial score (nSPS) is 20.9. The van der Waals surface area contributed by atoms with Crippen molar-refractivity contribution in [2.24, 2.45) is 10.2 Å². The molecule has 1 aromatic heterocycles. The second kappa shape index (κ2) is 7.05. The van der Waals surface area contributed by atoms with Crippen LogP contribution in [-0.2, 0) is 4.79 Å². The fourth-order valence-corrected chi connectivity index (χ4v) is 3.26. The lowest BCUT2D eigenvalue weighted by Crippen LogP contribution is -2.39. The first kappa shape index (κ1) is 17.1. The number of aromatic nitrogens is 1. The van der Waals surface area contributed by atoms with Crippen molar-refractivity contribution in [2.45, 2.75) is 50.1 Å². The molecule has 25 heavy (non-hydrogen) atoms. The highest BCUT2D eigenvalue weighted by atomic mass is 16.4. The van der Waals surface area contributed by atoms with E-state index < -0.39 is 11.6 Å². The molecule has 0 saturated carbocycles. The molecule has 0 bridgehead atoms. The molecule has 2 aliphatic rings. The Kier molecular flexibility index (Phi) is 4.83. The maximum absolute atomic E-state index is 12.5. The van der Waals surface area contributed by atoms with Crippen LogP contribution in [0.4, 0.5) is 0 Å². The predicted molar refractivity (Wildman–Crippen MR) is 86.9 cm³/mol. The van der Waals surface area contributed by atoms with Crippen molar-refractivity contribution >= 4 is 11.9 Å². The van der Waals surface area contributed by atoms with Gasteiger partial charge in [-0.25, -0.2) is 9.78 Å². The molecule has 1 unspecified atom stereocenters. The SMILES string of the molecule is C#CCCC1(CCC(=O)N2CCCC(c3ocnc3C(=O)O)C2)N=N1. The number of hydrogen-bond donors (Lipinski definition) is 1. The number of nitrogens with zero attached hydrogens (tertiary/aromatic N) is 4. The van der Waals surface area contributed by atoms with Gasteiger partial charge in [0.15, 0.2) is 17.8 Å². The first-order chi connectivity index (χ1) is 12.0. The number of likely N-dealkylation sites (tertiary alicyclic amines) is 1. The fourth-order valence-electron chi connectivity index (χ4n) is 3.26. The highest BCUT2D eigenvalue weighted by Crippen LogP contribution is 2.38. The third-order valence-electron chi connectivity index (χ3n) is 4.73. The van der Waals surface area contributed by atoms with E-state index in [4.69, 9.17) is 10.8 Å². The van der Waals surface area contributed by atoms with Crippen molar-refractivity contribution in [2.75, 3.05) is 13.1 Å². The Labute approximate surface area is 145 Å². The van der Waals surface area contributed by atoms with Crippen LogP contribution in [0.15, 0.2) is 21.0 Å². The molecular formula is C17H20N4O4. The summed E-state index contributed by atoms with van der Waals surface area (Å²) < 4.78 is 5.28. The maximum Gasteiger partial charge on any atom is 0.358 e. The van der Waals surface area contributed by atoms with Gasteiger partial charge in [0.05, 0.1) is 0 Å². The topological polar surface area (TPSA) is 108 Å². The summed E-state index contributed by atoms with van der Waals surface area (Å²) in [4.78, 5) is 29.2. The minimum Gasteiger partial charge on any atom is -0.476 e. The highest BCUT2D eigenvalue weighted by molar-refractivity contribution is 5.86. The van der Waals surface area contributed by atoms with Crippen LogP contribution in [0, 0.1) is 12.3 Å². The molecule has 1 atom stereocenters. The van der Waals surface area contributed by atoms with Gasteiger partial charge in [0.2, 0.25) is 5.91 Å². The standard InChI is InChI=1S/C17H20N4O4/c1-2-3-7-17(19-20-17)8-6-13(22)21-9-4-5-12(10-21)15-14(16(23)24)18-11-25-15/h1,11-12H,3-10H2,(H,23,24). The molecule has 8 nitrogen and oxygen atoms in total. The van der Waals surface area contributed by atoms with Crippen LogP contribution in [0.5, 0.6) is 0 Å². The number of aromatic carboxylic acids is 1. The second-order valence-corrected chi connectivity index (χ2v) is 6.44. The molecule has 0 aromatic carbocycles. The van der Waals surface area contributed by atoms with Gasteiger partial charge in [0.25, 0.3) is 0 Å². The molecule has 0 radical (unpaired) electrons. The number of terminal acetylenes is 1. The Morgan fingerprint density at radius 2 is 2.24 bits per heavy atom. The van der Waals surface area contributed by atoms with Gasteiger partial charge in [-0.1, -0.05) is 0 Å². The van der Waals surface area contributed by atoms with E-state index in [1.54, 1.807) is 4.90 Å². The Balaban J connectivity index is 1.56. The zero-order valence-electron chi connectivity index (χ0n) is 13.8. The fraction of sp³-hybridized carbons (Fsp3) is 0.588. The summed E-state index contributed by atoms with van der Waals surface area (Å²) in [5, 5.41) is 17.3. The number of carbonyl (C=O) groups excluding carboxylic acids is 1.